The van der Waals surface area contributed by atoms with Gasteiger partial charge in [0.25, 0.3) is 0 Å². The minimum absolute atomic E-state index is 0.154. The fourth-order valence-corrected chi connectivity index (χ4v) is 10.5. The summed E-state index contributed by atoms with van der Waals surface area (Å²) in [6.45, 7) is 5.47. The lowest BCUT2D eigenvalue weighted by molar-refractivity contribution is -0.144. The third kappa shape index (κ3) is 2.51. The zero-order valence-electron chi connectivity index (χ0n) is 20.3. The predicted molar refractivity (Wildman–Crippen MR) is 131 cm³/mol. The van der Waals surface area contributed by atoms with Crippen LogP contribution in [-0.2, 0) is 16.6 Å². The molecule has 3 heterocycles. The Kier molecular flexibility index (Phi) is 4.24. The number of phenolic OH excluding ortho intramolecular Hbond substituents is 1. The highest BCUT2D eigenvalue weighted by atomic mass is 16.3. The monoisotopic (exact) mass is 461 g/mol. The van der Waals surface area contributed by atoms with Gasteiger partial charge in [0.2, 0.25) is 5.91 Å². The van der Waals surface area contributed by atoms with Gasteiger partial charge in [-0.3, -0.25) is 9.69 Å². The van der Waals surface area contributed by atoms with E-state index in [0.29, 0.717) is 41.0 Å². The Bertz CT molecular complexity index is 1030. The fourth-order valence-electron chi connectivity index (χ4n) is 10.5. The third-order valence-corrected chi connectivity index (χ3v) is 11.7. The number of carbonyl (C=O) groups excluding carboxylic acids is 1. The van der Waals surface area contributed by atoms with E-state index >= 15 is 0 Å². The first-order valence-corrected chi connectivity index (χ1v) is 14.2. The van der Waals surface area contributed by atoms with Gasteiger partial charge in [-0.25, -0.2) is 0 Å². The molecule has 5 unspecified atom stereocenters. The Morgan fingerprint density at radius 2 is 1.97 bits per heavy atom. The van der Waals surface area contributed by atoms with Crippen molar-refractivity contribution in [3.63, 3.8) is 0 Å². The van der Waals surface area contributed by atoms with Crippen LogP contribution in [0, 0.1) is 29.1 Å². The number of piperidine rings is 2. The molecule has 1 amide bonds. The number of hydrogen-bond donors (Lipinski definition) is 2. The van der Waals surface area contributed by atoms with Crippen molar-refractivity contribution in [1.82, 2.24) is 15.1 Å². The molecule has 1 aromatic rings. The Morgan fingerprint density at radius 3 is 2.79 bits per heavy atom. The Balaban J connectivity index is 1.22. The maximum absolute atomic E-state index is 13.8. The van der Waals surface area contributed by atoms with Crippen molar-refractivity contribution < 1.29 is 9.90 Å². The Labute approximate surface area is 203 Å². The summed E-state index contributed by atoms with van der Waals surface area (Å²) in [4.78, 5) is 19.1. The first-order chi connectivity index (χ1) is 16.6. The third-order valence-electron chi connectivity index (χ3n) is 11.7. The van der Waals surface area contributed by atoms with Crippen LogP contribution >= 0.6 is 0 Å². The summed E-state index contributed by atoms with van der Waals surface area (Å²) >= 11 is 0. The van der Waals surface area contributed by atoms with E-state index in [1.165, 1.54) is 62.7 Å². The summed E-state index contributed by atoms with van der Waals surface area (Å²) < 4.78 is 0. The van der Waals surface area contributed by atoms with E-state index in [1.54, 1.807) is 0 Å². The number of amides is 1. The maximum atomic E-state index is 13.8. The molecular formula is C29H39N3O2. The second-order valence-electron chi connectivity index (χ2n) is 13.0. The van der Waals surface area contributed by atoms with Crippen LogP contribution in [0.5, 0.6) is 5.75 Å². The topological polar surface area (TPSA) is 55.8 Å². The van der Waals surface area contributed by atoms with Crippen molar-refractivity contribution in [3.8, 4) is 5.75 Å². The molecule has 1 aromatic carbocycles. The van der Waals surface area contributed by atoms with Gasteiger partial charge in [0.15, 0.2) is 0 Å². The average molecular weight is 462 g/mol. The molecule has 6 fully saturated rings. The van der Waals surface area contributed by atoms with E-state index in [-0.39, 0.29) is 11.3 Å². The number of nitrogens with zero attached hydrogens (tertiary/aromatic N) is 2. The standard InChI is InChI=1S/C29H39N3O2/c33-22-4-3-20-13-25-28-8-5-24-26(21(15-28)17-32(24)27(34)19-6-10-30-11-7-19)29(28,23(20)14-22)9-12-31(25)16-18-1-2-18/h3-4,14,18-19,21,24-26,30,33H,1-2,5-13,15-17H2/t21-,24?,25?,26?,28?,29?/m1/s1. The summed E-state index contributed by atoms with van der Waals surface area (Å²) in [7, 11) is 0. The van der Waals surface area contributed by atoms with Crippen molar-refractivity contribution in [2.24, 2.45) is 29.1 Å². The number of carbonyl (C=O) groups is 1. The van der Waals surface area contributed by atoms with Crippen molar-refractivity contribution in [2.45, 2.75) is 75.3 Å². The molecule has 5 heteroatoms. The summed E-state index contributed by atoms with van der Waals surface area (Å²) in [5.74, 6) is 3.26. The van der Waals surface area contributed by atoms with Crippen molar-refractivity contribution in [2.75, 3.05) is 32.7 Å². The number of phenols is 1. The molecule has 4 bridgehead atoms. The molecule has 8 rings (SSSR count). The normalized spacial score (nSPS) is 43.0. The van der Waals surface area contributed by atoms with E-state index in [9.17, 15) is 9.90 Å². The van der Waals surface area contributed by atoms with E-state index in [4.69, 9.17) is 0 Å². The number of aromatic hydroxyl groups is 1. The lowest BCUT2D eigenvalue weighted by Gasteiger charge is -2.66. The number of likely N-dealkylation sites (tertiary alicyclic amines) is 2. The Morgan fingerprint density at radius 1 is 1.12 bits per heavy atom. The molecule has 34 heavy (non-hydrogen) atoms. The maximum Gasteiger partial charge on any atom is 0.226 e. The van der Waals surface area contributed by atoms with Crippen LogP contribution < -0.4 is 5.32 Å². The minimum Gasteiger partial charge on any atom is -0.508 e. The highest BCUT2D eigenvalue weighted by molar-refractivity contribution is 5.80. The van der Waals surface area contributed by atoms with Crippen LogP contribution in [0.3, 0.4) is 0 Å². The average Bonchev–Trinajstić information content (AvgIpc) is 3.55. The lowest BCUT2D eigenvalue weighted by atomic mass is 9.43. The van der Waals surface area contributed by atoms with Crippen LogP contribution in [-0.4, -0.2) is 65.6 Å². The van der Waals surface area contributed by atoms with Crippen molar-refractivity contribution >= 4 is 5.91 Å². The van der Waals surface area contributed by atoms with Gasteiger partial charge in [-0.1, -0.05) is 6.07 Å². The molecule has 0 spiro atoms. The lowest BCUT2D eigenvalue weighted by Crippen LogP contribution is -2.70. The molecule has 2 N–H and O–H groups in total. The first kappa shape index (κ1) is 20.6. The summed E-state index contributed by atoms with van der Waals surface area (Å²) in [5, 5.41) is 14.1. The smallest absolute Gasteiger partial charge is 0.226 e. The molecule has 0 aromatic heterocycles. The van der Waals surface area contributed by atoms with Crippen LogP contribution in [0.1, 0.15) is 62.5 Å². The molecule has 3 saturated carbocycles. The van der Waals surface area contributed by atoms with Crippen LogP contribution in [0.2, 0.25) is 0 Å². The van der Waals surface area contributed by atoms with Crippen LogP contribution in [0.25, 0.3) is 0 Å². The van der Waals surface area contributed by atoms with E-state index in [0.717, 1.165) is 44.8 Å². The quantitative estimate of drug-likeness (QED) is 0.725. The molecule has 3 aliphatic heterocycles. The second-order valence-corrected chi connectivity index (χ2v) is 13.0. The number of nitrogens with one attached hydrogen (secondary N) is 1. The van der Waals surface area contributed by atoms with E-state index in [1.807, 2.05) is 6.07 Å². The zero-order valence-corrected chi connectivity index (χ0v) is 20.3. The zero-order chi connectivity index (χ0) is 22.7. The van der Waals surface area contributed by atoms with Gasteiger partial charge in [-0.2, -0.15) is 0 Å². The molecule has 7 aliphatic rings. The van der Waals surface area contributed by atoms with Gasteiger partial charge >= 0.3 is 0 Å². The summed E-state index contributed by atoms with van der Waals surface area (Å²) in [6.07, 6.45) is 11.0. The summed E-state index contributed by atoms with van der Waals surface area (Å²) in [5.41, 5.74) is 3.46. The highest BCUT2D eigenvalue weighted by Gasteiger charge is 2.76. The number of benzene rings is 1. The molecule has 3 saturated heterocycles. The molecule has 4 aliphatic carbocycles. The van der Waals surface area contributed by atoms with E-state index < -0.39 is 0 Å². The van der Waals surface area contributed by atoms with Gasteiger partial charge in [0.1, 0.15) is 5.75 Å². The van der Waals surface area contributed by atoms with Gasteiger partial charge in [-0.05, 0) is 124 Å². The fraction of sp³-hybridized carbons (Fsp3) is 0.759. The predicted octanol–water partition coefficient (Wildman–Crippen LogP) is 3.30. The molecule has 0 radical (unpaired) electrons. The van der Waals surface area contributed by atoms with Gasteiger partial charge < -0.3 is 15.3 Å². The molecule has 182 valence electrons. The van der Waals surface area contributed by atoms with Gasteiger partial charge in [-0.15, -0.1) is 0 Å². The highest BCUT2D eigenvalue weighted by Crippen LogP contribution is 2.75. The second kappa shape index (κ2) is 7.00. The van der Waals surface area contributed by atoms with E-state index in [2.05, 4.69) is 27.2 Å². The molecule has 5 nitrogen and oxygen atoms in total. The Hall–Kier alpha value is -1.59. The summed E-state index contributed by atoms with van der Waals surface area (Å²) in [6, 6.07) is 7.37. The number of rotatable bonds is 3. The minimum atomic E-state index is 0.154. The largest absolute Gasteiger partial charge is 0.508 e. The first-order valence-electron chi connectivity index (χ1n) is 14.2. The SMILES string of the molecule is O=C(C1CCNCC1)N1C[C@H]2CC34CCC1C2C31CCN(CC2CC2)C4Cc2ccc(O)cc21. The van der Waals surface area contributed by atoms with Crippen molar-refractivity contribution in [3.05, 3.63) is 29.3 Å². The number of fused-ring (bicyclic) bond motifs is 1. The number of hydrogen-bond acceptors (Lipinski definition) is 4. The molecular weight excluding hydrogens is 422 g/mol. The molecule has 6 atom stereocenters. The van der Waals surface area contributed by atoms with Gasteiger partial charge in [0, 0.05) is 36.5 Å². The van der Waals surface area contributed by atoms with Crippen LogP contribution in [0.15, 0.2) is 18.2 Å². The van der Waals surface area contributed by atoms with Gasteiger partial charge in [0.05, 0.1) is 0 Å². The van der Waals surface area contributed by atoms with Crippen molar-refractivity contribution in [1.29, 1.82) is 0 Å². The van der Waals surface area contributed by atoms with Crippen LogP contribution in [0.4, 0.5) is 0 Å².